The van der Waals surface area contributed by atoms with Crippen molar-refractivity contribution in [2.75, 3.05) is 20.3 Å². The van der Waals surface area contributed by atoms with E-state index in [0.29, 0.717) is 19.1 Å². The van der Waals surface area contributed by atoms with Gasteiger partial charge in [-0.15, -0.1) is 11.6 Å². The second-order valence-corrected chi connectivity index (χ2v) is 3.87. The predicted octanol–water partition coefficient (Wildman–Crippen LogP) is 3.00. The van der Waals surface area contributed by atoms with Gasteiger partial charge in [-0.2, -0.15) is 0 Å². The van der Waals surface area contributed by atoms with E-state index in [0.717, 1.165) is 22.3 Å². The summed E-state index contributed by atoms with van der Waals surface area (Å²) < 4.78 is 10.6. The molecule has 2 rings (SSSR count). The van der Waals surface area contributed by atoms with Crippen molar-refractivity contribution in [3.63, 3.8) is 0 Å². The Bertz CT molecular complexity index is 502. The fourth-order valence-electron chi connectivity index (χ4n) is 1.62. The highest BCUT2D eigenvalue weighted by Gasteiger charge is 2.05. The highest BCUT2D eigenvalue weighted by molar-refractivity contribution is 6.17. The number of benzene rings is 1. The summed E-state index contributed by atoms with van der Waals surface area (Å²) in [6.07, 6.45) is 0. The first-order chi connectivity index (χ1) is 8.35. The Morgan fingerprint density at radius 1 is 1.24 bits per heavy atom. The van der Waals surface area contributed by atoms with E-state index in [1.54, 1.807) is 7.11 Å². The molecule has 0 bridgehead atoms. The minimum Gasteiger partial charge on any atom is -0.490 e. The molecule has 90 valence electrons. The molecule has 0 aliphatic carbocycles. The van der Waals surface area contributed by atoms with Crippen molar-refractivity contribution in [2.24, 2.45) is 0 Å². The van der Waals surface area contributed by atoms with Crippen molar-refractivity contribution in [1.82, 2.24) is 4.98 Å². The first-order valence-corrected chi connectivity index (χ1v) is 5.95. The molecule has 0 N–H and O–H groups in total. The molecule has 17 heavy (non-hydrogen) atoms. The molecule has 2 aromatic rings. The first-order valence-electron chi connectivity index (χ1n) is 5.41. The summed E-state index contributed by atoms with van der Waals surface area (Å²) in [5, 5.41) is 0.998. The number of pyridine rings is 1. The minimum absolute atomic E-state index is 0.380. The quantitative estimate of drug-likeness (QED) is 0.605. The number of hydrogen-bond acceptors (Lipinski definition) is 3. The van der Waals surface area contributed by atoms with Gasteiger partial charge in [0.15, 0.2) is 0 Å². The van der Waals surface area contributed by atoms with Crippen molar-refractivity contribution < 1.29 is 9.47 Å². The molecular formula is C13H14ClNO2. The fourth-order valence-corrected chi connectivity index (χ4v) is 1.76. The molecule has 0 fully saturated rings. The van der Waals surface area contributed by atoms with E-state index in [1.807, 2.05) is 30.3 Å². The molecule has 0 amide bonds. The Balaban J connectivity index is 2.36. The zero-order valence-electron chi connectivity index (χ0n) is 9.65. The number of methoxy groups -OCH3 is 1. The lowest BCUT2D eigenvalue weighted by atomic mass is 10.2. The molecule has 0 aliphatic heterocycles. The van der Waals surface area contributed by atoms with Gasteiger partial charge in [0.25, 0.3) is 0 Å². The lowest BCUT2D eigenvalue weighted by molar-refractivity contribution is 0.147. The van der Waals surface area contributed by atoms with Gasteiger partial charge in [-0.25, -0.2) is 0 Å². The van der Waals surface area contributed by atoms with Gasteiger partial charge in [0, 0.05) is 18.6 Å². The van der Waals surface area contributed by atoms with Crippen LogP contribution in [0.1, 0.15) is 5.69 Å². The van der Waals surface area contributed by atoms with Crippen LogP contribution in [-0.2, 0) is 10.6 Å². The lowest BCUT2D eigenvalue weighted by Crippen LogP contribution is -2.05. The van der Waals surface area contributed by atoms with Gasteiger partial charge in [0.05, 0.1) is 23.7 Å². The zero-order valence-corrected chi connectivity index (χ0v) is 10.4. The Morgan fingerprint density at radius 2 is 2.06 bits per heavy atom. The summed E-state index contributed by atoms with van der Waals surface area (Å²) in [6, 6.07) is 9.74. The Kier molecular flexibility index (Phi) is 4.18. The normalized spacial score (nSPS) is 10.7. The van der Waals surface area contributed by atoms with E-state index in [1.165, 1.54) is 0 Å². The maximum absolute atomic E-state index is 5.82. The molecule has 0 unspecified atom stereocenters. The van der Waals surface area contributed by atoms with Gasteiger partial charge in [-0.3, -0.25) is 4.98 Å². The SMILES string of the molecule is COCCOc1cc(CCl)nc2ccccc12. The van der Waals surface area contributed by atoms with Crippen LogP contribution in [0.15, 0.2) is 30.3 Å². The number of ether oxygens (including phenoxy) is 2. The molecule has 0 atom stereocenters. The van der Waals surface area contributed by atoms with Gasteiger partial charge >= 0.3 is 0 Å². The third-order valence-electron chi connectivity index (χ3n) is 2.41. The van der Waals surface area contributed by atoms with E-state index in [4.69, 9.17) is 21.1 Å². The number of rotatable bonds is 5. The number of para-hydroxylation sites is 1. The second kappa shape index (κ2) is 5.84. The Labute approximate surface area is 105 Å². The van der Waals surface area contributed by atoms with Crippen LogP contribution in [0.2, 0.25) is 0 Å². The van der Waals surface area contributed by atoms with Crippen molar-refractivity contribution in [1.29, 1.82) is 0 Å². The zero-order chi connectivity index (χ0) is 12.1. The molecule has 0 saturated heterocycles. The average Bonchev–Trinajstić information content (AvgIpc) is 2.38. The van der Waals surface area contributed by atoms with E-state index >= 15 is 0 Å². The number of fused-ring (bicyclic) bond motifs is 1. The standard InChI is InChI=1S/C13H14ClNO2/c1-16-6-7-17-13-8-10(9-14)15-12-5-3-2-4-11(12)13/h2-5,8H,6-7,9H2,1H3. The molecule has 0 saturated carbocycles. The monoisotopic (exact) mass is 251 g/mol. The van der Waals surface area contributed by atoms with Crippen molar-refractivity contribution in [3.8, 4) is 5.75 Å². The maximum Gasteiger partial charge on any atom is 0.130 e. The Morgan fingerprint density at radius 3 is 2.82 bits per heavy atom. The fraction of sp³-hybridized carbons (Fsp3) is 0.308. The topological polar surface area (TPSA) is 31.4 Å². The summed E-state index contributed by atoms with van der Waals surface area (Å²) in [5.74, 6) is 1.19. The van der Waals surface area contributed by atoms with E-state index in [9.17, 15) is 0 Å². The number of aromatic nitrogens is 1. The largest absolute Gasteiger partial charge is 0.490 e. The van der Waals surface area contributed by atoms with E-state index < -0.39 is 0 Å². The minimum atomic E-state index is 0.380. The van der Waals surface area contributed by atoms with Gasteiger partial charge in [-0.1, -0.05) is 12.1 Å². The number of hydrogen-bond donors (Lipinski definition) is 0. The molecule has 0 spiro atoms. The lowest BCUT2D eigenvalue weighted by Gasteiger charge is -2.10. The van der Waals surface area contributed by atoms with Crippen LogP contribution >= 0.6 is 11.6 Å². The Hall–Kier alpha value is -1.32. The van der Waals surface area contributed by atoms with Crippen LogP contribution in [0.5, 0.6) is 5.75 Å². The molecule has 1 aromatic heterocycles. The summed E-state index contributed by atoms with van der Waals surface area (Å²) in [7, 11) is 1.65. The van der Waals surface area contributed by atoms with Gasteiger partial charge in [-0.05, 0) is 12.1 Å². The average molecular weight is 252 g/mol. The van der Waals surface area contributed by atoms with Gasteiger partial charge < -0.3 is 9.47 Å². The molecule has 1 aromatic carbocycles. The van der Waals surface area contributed by atoms with Gasteiger partial charge in [0.1, 0.15) is 12.4 Å². The van der Waals surface area contributed by atoms with Crippen LogP contribution < -0.4 is 4.74 Å². The molecular weight excluding hydrogens is 238 g/mol. The van der Waals surface area contributed by atoms with Crippen molar-refractivity contribution in [2.45, 2.75) is 5.88 Å². The second-order valence-electron chi connectivity index (χ2n) is 3.60. The molecule has 4 heteroatoms. The highest BCUT2D eigenvalue weighted by atomic mass is 35.5. The van der Waals surface area contributed by atoms with Crippen LogP contribution in [0.25, 0.3) is 10.9 Å². The smallest absolute Gasteiger partial charge is 0.130 e. The molecule has 3 nitrogen and oxygen atoms in total. The number of halogens is 1. The number of nitrogens with zero attached hydrogens (tertiary/aromatic N) is 1. The van der Waals surface area contributed by atoms with Crippen LogP contribution in [0.4, 0.5) is 0 Å². The summed E-state index contributed by atoms with van der Waals surface area (Å²) in [6.45, 7) is 1.08. The van der Waals surface area contributed by atoms with Gasteiger partial charge in [0.2, 0.25) is 0 Å². The summed E-state index contributed by atoms with van der Waals surface area (Å²) in [5.41, 5.74) is 1.72. The predicted molar refractivity (Wildman–Crippen MR) is 68.7 cm³/mol. The summed E-state index contributed by atoms with van der Waals surface area (Å²) >= 11 is 5.82. The van der Waals surface area contributed by atoms with Crippen LogP contribution in [0, 0.1) is 0 Å². The summed E-state index contributed by atoms with van der Waals surface area (Å²) in [4.78, 5) is 4.44. The van der Waals surface area contributed by atoms with Crippen molar-refractivity contribution in [3.05, 3.63) is 36.0 Å². The first kappa shape index (κ1) is 12.1. The van der Waals surface area contributed by atoms with Crippen LogP contribution in [-0.4, -0.2) is 25.3 Å². The molecule has 0 radical (unpaired) electrons. The van der Waals surface area contributed by atoms with E-state index in [2.05, 4.69) is 4.98 Å². The van der Waals surface area contributed by atoms with Crippen molar-refractivity contribution >= 4 is 22.5 Å². The van der Waals surface area contributed by atoms with Crippen LogP contribution in [0.3, 0.4) is 0 Å². The highest BCUT2D eigenvalue weighted by Crippen LogP contribution is 2.25. The molecule has 1 heterocycles. The third kappa shape index (κ3) is 2.87. The van der Waals surface area contributed by atoms with E-state index in [-0.39, 0.29) is 0 Å². The third-order valence-corrected chi connectivity index (χ3v) is 2.69. The maximum atomic E-state index is 5.82. The molecule has 0 aliphatic rings. The number of alkyl halides is 1.